The van der Waals surface area contributed by atoms with Gasteiger partial charge in [0.15, 0.2) is 0 Å². The summed E-state index contributed by atoms with van der Waals surface area (Å²) in [5, 5.41) is 3.60. The third kappa shape index (κ3) is 3.20. The summed E-state index contributed by atoms with van der Waals surface area (Å²) < 4.78 is 0. The van der Waals surface area contributed by atoms with Crippen LogP contribution in [0.2, 0.25) is 0 Å². The first-order chi connectivity index (χ1) is 8.81. The summed E-state index contributed by atoms with van der Waals surface area (Å²) in [6.07, 6.45) is 5.73. The minimum atomic E-state index is 0.331. The van der Waals surface area contributed by atoms with Gasteiger partial charge in [-0.3, -0.25) is 0 Å². The smallest absolute Gasteiger partial charge is 0.107 e. The van der Waals surface area contributed by atoms with Crippen molar-refractivity contribution in [2.24, 2.45) is 0 Å². The predicted octanol–water partition coefficient (Wildman–Crippen LogP) is 3.00. The second-order valence-corrected chi connectivity index (χ2v) is 4.60. The Morgan fingerprint density at radius 1 is 1.33 bits per heavy atom. The van der Waals surface area contributed by atoms with E-state index in [1.54, 1.807) is 0 Å². The van der Waals surface area contributed by atoms with Crippen LogP contribution in [0.5, 0.6) is 0 Å². The first-order valence-electron chi connectivity index (χ1n) is 6.58. The van der Waals surface area contributed by atoms with Gasteiger partial charge in [-0.1, -0.05) is 31.2 Å². The van der Waals surface area contributed by atoms with Gasteiger partial charge in [0.25, 0.3) is 0 Å². The van der Waals surface area contributed by atoms with Crippen molar-refractivity contribution in [2.75, 3.05) is 6.54 Å². The number of benzene rings is 1. The van der Waals surface area contributed by atoms with Crippen LogP contribution < -0.4 is 5.32 Å². The molecule has 0 saturated heterocycles. The molecule has 3 heteroatoms. The summed E-state index contributed by atoms with van der Waals surface area (Å²) in [7, 11) is 0. The van der Waals surface area contributed by atoms with E-state index in [1.165, 1.54) is 11.1 Å². The maximum absolute atomic E-state index is 4.32. The fourth-order valence-electron chi connectivity index (χ4n) is 2.19. The quantitative estimate of drug-likeness (QED) is 0.819. The Bertz CT molecular complexity index is 462. The third-order valence-corrected chi connectivity index (χ3v) is 3.16. The molecule has 0 saturated carbocycles. The molecule has 0 radical (unpaired) electrons. The lowest BCUT2D eigenvalue weighted by Gasteiger charge is -2.20. The van der Waals surface area contributed by atoms with Crippen LogP contribution in [0.15, 0.2) is 36.7 Å². The van der Waals surface area contributed by atoms with E-state index < -0.39 is 0 Å². The standard InChI is InChI=1S/C15H21N3/c1-3-8-16-14(11-15-17-9-10-18-15)13-7-5-4-6-12(13)2/h4-7,9-10,14,16H,3,8,11H2,1-2H3,(H,17,18). The number of aryl methyl sites for hydroxylation is 1. The Morgan fingerprint density at radius 3 is 2.83 bits per heavy atom. The maximum Gasteiger partial charge on any atom is 0.107 e. The van der Waals surface area contributed by atoms with Gasteiger partial charge >= 0.3 is 0 Å². The highest BCUT2D eigenvalue weighted by Gasteiger charge is 2.14. The van der Waals surface area contributed by atoms with Crippen LogP contribution in [-0.2, 0) is 6.42 Å². The molecule has 1 atom stereocenters. The van der Waals surface area contributed by atoms with Crippen molar-refractivity contribution in [2.45, 2.75) is 32.7 Å². The van der Waals surface area contributed by atoms with Crippen molar-refractivity contribution in [1.29, 1.82) is 0 Å². The largest absolute Gasteiger partial charge is 0.349 e. The van der Waals surface area contributed by atoms with Gasteiger partial charge in [0.2, 0.25) is 0 Å². The lowest BCUT2D eigenvalue weighted by atomic mass is 9.98. The molecule has 1 heterocycles. The molecule has 2 rings (SSSR count). The number of rotatable bonds is 6. The highest BCUT2D eigenvalue weighted by Crippen LogP contribution is 2.20. The maximum atomic E-state index is 4.32. The molecule has 0 fully saturated rings. The summed E-state index contributed by atoms with van der Waals surface area (Å²) >= 11 is 0. The number of nitrogens with one attached hydrogen (secondary N) is 2. The van der Waals surface area contributed by atoms with Crippen molar-refractivity contribution < 1.29 is 0 Å². The topological polar surface area (TPSA) is 40.7 Å². The van der Waals surface area contributed by atoms with E-state index in [4.69, 9.17) is 0 Å². The van der Waals surface area contributed by atoms with Gasteiger partial charge in [-0.2, -0.15) is 0 Å². The minimum absolute atomic E-state index is 0.331. The van der Waals surface area contributed by atoms with Crippen LogP contribution in [0.4, 0.5) is 0 Å². The molecule has 0 aliphatic rings. The molecular weight excluding hydrogens is 222 g/mol. The summed E-state index contributed by atoms with van der Waals surface area (Å²) in [6.45, 7) is 5.38. The number of aromatic nitrogens is 2. The molecule has 0 spiro atoms. The monoisotopic (exact) mass is 243 g/mol. The van der Waals surface area contributed by atoms with Crippen molar-refractivity contribution in [3.8, 4) is 0 Å². The third-order valence-electron chi connectivity index (χ3n) is 3.16. The van der Waals surface area contributed by atoms with Gasteiger partial charge in [0, 0.05) is 24.9 Å². The minimum Gasteiger partial charge on any atom is -0.349 e. The van der Waals surface area contributed by atoms with Crippen LogP contribution in [0.1, 0.15) is 36.3 Å². The van der Waals surface area contributed by atoms with Gasteiger partial charge in [-0.25, -0.2) is 4.98 Å². The Balaban J connectivity index is 2.16. The van der Waals surface area contributed by atoms with Crippen LogP contribution in [0, 0.1) is 6.92 Å². The van der Waals surface area contributed by atoms with Crippen molar-refractivity contribution in [3.05, 3.63) is 53.6 Å². The number of nitrogens with zero attached hydrogens (tertiary/aromatic N) is 1. The number of hydrogen-bond acceptors (Lipinski definition) is 2. The molecule has 0 aliphatic carbocycles. The summed E-state index contributed by atoms with van der Waals surface area (Å²) in [5.41, 5.74) is 2.69. The molecule has 2 N–H and O–H groups in total. The molecule has 0 amide bonds. The van der Waals surface area contributed by atoms with E-state index >= 15 is 0 Å². The zero-order valence-corrected chi connectivity index (χ0v) is 11.1. The highest BCUT2D eigenvalue weighted by molar-refractivity contribution is 5.29. The van der Waals surface area contributed by atoms with E-state index in [2.05, 4.69) is 53.4 Å². The highest BCUT2D eigenvalue weighted by atomic mass is 14.9. The number of imidazole rings is 1. The normalized spacial score (nSPS) is 12.6. The van der Waals surface area contributed by atoms with Gasteiger partial charge in [-0.15, -0.1) is 0 Å². The van der Waals surface area contributed by atoms with E-state index in [-0.39, 0.29) is 0 Å². The molecule has 1 aromatic heterocycles. The Hall–Kier alpha value is -1.61. The van der Waals surface area contributed by atoms with Gasteiger partial charge in [0.05, 0.1) is 0 Å². The SMILES string of the molecule is CCCNC(Cc1ncc[nH]1)c1ccccc1C. The van der Waals surface area contributed by atoms with Crippen molar-refractivity contribution in [1.82, 2.24) is 15.3 Å². The molecule has 0 aliphatic heterocycles. The van der Waals surface area contributed by atoms with Crippen LogP contribution in [-0.4, -0.2) is 16.5 Å². The molecule has 1 aromatic carbocycles. The first kappa shape index (κ1) is 12.8. The second kappa shape index (κ2) is 6.36. The lowest BCUT2D eigenvalue weighted by Crippen LogP contribution is -2.25. The summed E-state index contributed by atoms with van der Waals surface area (Å²) in [5.74, 6) is 1.03. The number of aromatic amines is 1. The second-order valence-electron chi connectivity index (χ2n) is 4.60. The molecule has 0 bridgehead atoms. The van der Waals surface area contributed by atoms with Crippen LogP contribution >= 0.6 is 0 Å². The molecule has 3 nitrogen and oxygen atoms in total. The Morgan fingerprint density at radius 2 is 2.17 bits per heavy atom. The van der Waals surface area contributed by atoms with E-state index in [9.17, 15) is 0 Å². The van der Waals surface area contributed by atoms with Gasteiger partial charge in [0.1, 0.15) is 5.82 Å². The summed E-state index contributed by atoms with van der Waals surface area (Å²) in [6, 6.07) is 8.88. The zero-order valence-electron chi connectivity index (χ0n) is 11.1. The Kier molecular flexibility index (Phi) is 4.53. The molecule has 1 unspecified atom stereocenters. The Labute approximate surface area is 109 Å². The van der Waals surface area contributed by atoms with Crippen LogP contribution in [0.25, 0.3) is 0 Å². The average molecular weight is 243 g/mol. The van der Waals surface area contributed by atoms with E-state index in [0.717, 1.165) is 25.2 Å². The van der Waals surface area contributed by atoms with Gasteiger partial charge in [-0.05, 0) is 31.0 Å². The van der Waals surface area contributed by atoms with Crippen LogP contribution in [0.3, 0.4) is 0 Å². The molecule has 2 aromatic rings. The molecular formula is C15H21N3. The van der Waals surface area contributed by atoms with Gasteiger partial charge < -0.3 is 10.3 Å². The number of hydrogen-bond donors (Lipinski definition) is 2. The first-order valence-corrected chi connectivity index (χ1v) is 6.58. The van der Waals surface area contributed by atoms with E-state index in [0.29, 0.717) is 6.04 Å². The fourth-order valence-corrected chi connectivity index (χ4v) is 2.19. The number of H-pyrrole nitrogens is 1. The van der Waals surface area contributed by atoms with E-state index in [1.807, 2.05) is 12.4 Å². The lowest BCUT2D eigenvalue weighted by molar-refractivity contribution is 0.518. The molecule has 96 valence electrons. The summed E-state index contributed by atoms with van der Waals surface area (Å²) in [4.78, 5) is 7.51. The van der Waals surface area contributed by atoms with Crippen molar-refractivity contribution >= 4 is 0 Å². The predicted molar refractivity (Wildman–Crippen MR) is 74.5 cm³/mol. The van der Waals surface area contributed by atoms with Crippen molar-refractivity contribution in [3.63, 3.8) is 0 Å². The molecule has 18 heavy (non-hydrogen) atoms. The fraction of sp³-hybridized carbons (Fsp3) is 0.400. The average Bonchev–Trinajstić information content (AvgIpc) is 2.88. The zero-order chi connectivity index (χ0) is 12.8.